The van der Waals surface area contributed by atoms with Crippen molar-refractivity contribution in [3.63, 3.8) is 0 Å². The van der Waals surface area contributed by atoms with Gasteiger partial charge in [0.05, 0.1) is 12.1 Å². The number of aromatic nitrogens is 2. The van der Waals surface area contributed by atoms with Crippen molar-refractivity contribution in [3.05, 3.63) is 48.5 Å². The van der Waals surface area contributed by atoms with Crippen molar-refractivity contribution in [2.45, 2.75) is 6.42 Å². The van der Waals surface area contributed by atoms with Crippen molar-refractivity contribution in [1.29, 1.82) is 0 Å². The molecule has 1 aliphatic rings. The first-order valence-electron chi connectivity index (χ1n) is 4.75. The molecule has 4 nitrogen and oxygen atoms in total. The number of imidazole rings is 1. The summed E-state index contributed by atoms with van der Waals surface area (Å²) in [7, 11) is 0. The Morgan fingerprint density at radius 2 is 2.13 bits per heavy atom. The average molecular weight is 199 g/mol. The number of fused-ring (bicyclic) bond motifs is 1. The van der Waals surface area contributed by atoms with Crippen molar-refractivity contribution < 1.29 is 4.79 Å². The molecule has 4 heteroatoms. The number of hydrogen-bond donors (Lipinski definition) is 0. The zero-order chi connectivity index (χ0) is 10.3. The van der Waals surface area contributed by atoms with Crippen LogP contribution in [0.3, 0.4) is 0 Å². The van der Waals surface area contributed by atoms with Gasteiger partial charge in [-0.15, -0.1) is 0 Å². The number of hydrogen-bond acceptors (Lipinski definition) is 2. The third-order valence-corrected chi connectivity index (χ3v) is 2.52. The van der Waals surface area contributed by atoms with Gasteiger partial charge in [0, 0.05) is 12.4 Å². The highest BCUT2D eigenvalue weighted by molar-refractivity contribution is 6.00. The normalized spacial score (nSPS) is 14.4. The number of para-hydroxylation sites is 1. The van der Waals surface area contributed by atoms with Crippen molar-refractivity contribution in [3.8, 4) is 0 Å². The van der Waals surface area contributed by atoms with Gasteiger partial charge in [-0.05, 0) is 11.6 Å². The molecule has 0 bridgehead atoms. The van der Waals surface area contributed by atoms with Crippen LogP contribution in [-0.2, 0) is 11.2 Å². The Kier molecular flexibility index (Phi) is 1.62. The van der Waals surface area contributed by atoms with Gasteiger partial charge in [0.15, 0.2) is 0 Å². The molecule has 1 aliphatic heterocycles. The maximum Gasteiger partial charge on any atom is 0.250 e. The van der Waals surface area contributed by atoms with E-state index in [1.807, 2.05) is 24.3 Å². The van der Waals surface area contributed by atoms with Crippen LogP contribution in [0.5, 0.6) is 0 Å². The molecule has 2 aromatic rings. The second-order valence-corrected chi connectivity index (χ2v) is 3.45. The van der Waals surface area contributed by atoms with Crippen molar-refractivity contribution in [1.82, 2.24) is 9.66 Å². The molecule has 1 aromatic heterocycles. The van der Waals surface area contributed by atoms with Crippen LogP contribution < -0.4 is 5.01 Å². The summed E-state index contributed by atoms with van der Waals surface area (Å²) < 4.78 is 1.70. The van der Waals surface area contributed by atoms with Gasteiger partial charge in [0.25, 0.3) is 5.91 Å². The number of carbonyl (C=O) groups is 1. The lowest BCUT2D eigenvalue weighted by Crippen LogP contribution is -2.31. The summed E-state index contributed by atoms with van der Waals surface area (Å²) in [6, 6.07) is 7.80. The van der Waals surface area contributed by atoms with Crippen LogP contribution in [0.15, 0.2) is 43.0 Å². The number of carbonyl (C=O) groups excluding carboxylic acids is 1. The molecule has 0 N–H and O–H groups in total. The average Bonchev–Trinajstić information content (AvgIpc) is 2.82. The highest BCUT2D eigenvalue weighted by Gasteiger charge is 2.27. The van der Waals surface area contributed by atoms with Crippen molar-refractivity contribution in [2.75, 3.05) is 5.01 Å². The Labute approximate surface area is 86.7 Å². The molecule has 2 heterocycles. The second-order valence-electron chi connectivity index (χ2n) is 3.45. The largest absolute Gasteiger partial charge is 0.272 e. The molecular weight excluding hydrogens is 190 g/mol. The van der Waals surface area contributed by atoms with Crippen LogP contribution in [0, 0.1) is 0 Å². The summed E-state index contributed by atoms with van der Waals surface area (Å²) in [5, 5.41) is 1.64. The zero-order valence-electron chi connectivity index (χ0n) is 8.00. The monoisotopic (exact) mass is 199 g/mol. The van der Waals surface area contributed by atoms with Gasteiger partial charge in [-0.1, -0.05) is 18.2 Å². The maximum atomic E-state index is 11.8. The molecule has 0 spiro atoms. The molecule has 15 heavy (non-hydrogen) atoms. The topological polar surface area (TPSA) is 38.1 Å². The van der Waals surface area contributed by atoms with E-state index in [-0.39, 0.29) is 5.91 Å². The molecule has 0 radical (unpaired) electrons. The fourth-order valence-corrected chi connectivity index (χ4v) is 1.86. The van der Waals surface area contributed by atoms with Gasteiger partial charge in [-0.2, -0.15) is 0 Å². The minimum atomic E-state index is 0.0780. The highest BCUT2D eigenvalue weighted by atomic mass is 16.2. The Balaban J connectivity index is 2.14. The summed E-state index contributed by atoms with van der Waals surface area (Å²) in [6.45, 7) is 0. The Bertz CT molecular complexity index is 504. The number of rotatable bonds is 1. The molecule has 0 saturated carbocycles. The summed E-state index contributed by atoms with van der Waals surface area (Å²) in [5.41, 5.74) is 2.01. The van der Waals surface area contributed by atoms with E-state index in [2.05, 4.69) is 4.98 Å². The summed E-state index contributed by atoms with van der Waals surface area (Å²) in [4.78, 5) is 15.8. The molecule has 74 valence electrons. The predicted molar refractivity (Wildman–Crippen MR) is 55.3 cm³/mol. The molecule has 0 fully saturated rings. The maximum absolute atomic E-state index is 11.8. The quantitative estimate of drug-likeness (QED) is 0.693. The number of anilines is 1. The summed E-state index contributed by atoms with van der Waals surface area (Å²) >= 11 is 0. The van der Waals surface area contributed by atoms with E-state index in [1.54, 1.807) is 28.4 Å². The summed E-state index contributed by atoms with van der Waals surface area (Å²) in [6.07, 6.45) is 5.52. The van der Waals surface area contributed by atoms with E-state index in [0.717, 1.165) is 11.3 Å². The van der Waals surface area contributed by atoms with Crippen LogP contribution in [0.1, 0.15) is 5.56 Å². The molecule has 0 saturated heterocycles. The van der Waals surface area contributed by atoms with Gasteiger partial charge < -0.3 is 0 Å². The summed E-state index contributed by atoms with van der Waals surface area (Å²) in [5.74, 6) is 0.0780. The van der Waals surface area contributed by atoms with Gasteiger partial charge in [-0.25, -0.2) is 14.7 Å². The first kappa shape index (κ1) is 8.23. The predicted octanol–water partition coefficient (Wildman–Crippen LogP) is 1.24. The van der Waals surface area contributed by atoms with Gasteiger partial charge in [0.1, 0.15) is 6.33 Å². The van der Waals surface area contributed by atoms with Crippen LogP contribution >= 0.6 is 0 Å². The standard InChI is InChI=1S/C11H9N3O/c15-11-7-9-3-1-2-4-10(9)14(11)13-6-5-12-8-13/h1-6,8H,7H2. The Hall–Kier alpha value is -2.10. The smallest absolute Gasteiger partial charge is 0.250 e. The van der Waals surface area contributed by atoms with Gasteiger partial charge in [0.2, 0.25) is 0 Å². The molecule has 1 aromatic carbocycles. The molecule has 0 aliphatic carbocycles. The number of benzene rings is 1. The first-order valence-corrected chi connectivity index (χ1v) is 4.75. The SMILES string of the molecule is O=C1Cc2ccccc2N1n1ccnc1. The van der Waals surface area contributed by atoms with E-state index in [9.17, 15) is 4.79 Å². The molecule has 0 atom stereocenters. The Morgan fingerprint density at radius 3 is 2.93 bits per heavy atom. The molecular formula is C11H9N3O. The lowest BCUT2D eigenvalue weighted by molar-refractivity contribution is -0.117. The van der Waals surface area contributed by atoms with E-state index < -0.39 is 0 Å². The van der Waals surface area contributed by atoms with Crippen molar-refractivity contribution >= 4 is 11.6 Å². The van der Waals surface area contributed by atoms with Gasteiger partial charge in [-0.3, -0.25) is 4.79 Å². The van der Waals surface area contributed by atoms with E-state index in [4.69, 9.17) is 0 Å². The minimum absolute atomic E-state index is 0.0780. The van der Waals surface area contributed by atoms with Crippen LogP contribution in [0.25, 0.3) is 0 Å². The van der Waals surface area contributed by atoms with E-state index >= 15 is 0 Å². The van der Waals surface area contributed by atoms with Crippen LogP contribution in [0.2, 0.25) is 0 Å². The second kappa shape index (κ2) is 2.95. The lowest BCUT2D eigenvalue weighted by Gasteiger charge is -2.17. The van der Waals surface area contributed by atoms with E-state index in [0.29, 0.717) is 6.42 Å². The zero-order valence-corrected chi connectivity index (χ0v) is 8.00. The third kappa shape index (κ3) is 1.15. The van der Waals surface area contributed by atoms with Crippen LogP contribution in [-0.4, -0.2) is 15.6 Å². The highest BCUT2D eigenvalue weighted by Crippen LogP contribution is 2.28. The Morgan fingerprint density at radius 1 is 1.27 bits per heavy atom. The molecule has 1 amide bonds. The van der Waals surface area contributed by atoms with Crippen molar-refractivity contribution in [2.24, 2.45) is 0 Å². The minimum Gasteiger partial charge on any atom is -0.272 e. The molecule has 0 unspecified atom stereocenters. The lowest BCUT2D eigenvalue weighted by atomic mass is 10.2. The third-order valence-electron chi connectivity index (χ3n) is 2.52. The first-order chi connectivity index (χ1) is 7.36. The molecule has 3 rings (SSSR count). The fraction of sp³-hybridized carbons (Fsp3) is 0.0909. The fourth-order valence-electron chi connectivity index (χ4n) is 1.86. The van der Waals surface area contributed by atoms with E-state index in [1.165, 1.54) is 0 Å². The van der Waals surface area contributed by atoms with Crippen LogP contribution in [0.4, 0.5) is 5.69 Å². The number of amides is 1. The number of nitrogens with zero attached hydrogens (tertiary/aromatic N) is 3. The van der Waals surface area contributed by atoms with Gasteiger partial charge >= 0.3 is 0 Å².